The summed E-state index contributed by atoms with van der Waals surface area (Å²) in [6.07, 6.45) is 0.380. The second-order valence-corrected chi connectivity index (χ2v) is 9.99. The van der Waals surface area contributed by atoms with Crippen LogP contribution in [0.15, 0.2) is 54.6 Å². The number of rotatable bonds is 4. The molecule has 7 heteroatoms. The van der Waals surface area contributed by atoms with Crippen LogP contribution in [0.2, 0.25) is 0 Å². The monoisotopic (exact) mass is 413 g/mol. The number of nitrogens with zero attached hydrogens (tertiary/aromatic N) is 3. The molecule has 2 aliphatic heterocycles. The van der Waals surface area contributed by atoms with Crippen LogP contribution in [0.5, 0.6) is 0 Å². The average Bonchev–Trinajstić information content (AvgIpc) is 2.75. The zero-order valence-electron chi connectivity index (χ0n) is 16.5. The van der Waals surface area contributed by atoms with Crippen LogP contribution in [0.3, 0.4) is 0 Å². The van der Waals surface area contributed by atoms with E-state index in [1.807, 2.05) is 47.4 Å². The number of carbonyl (C=O) groups is 1. The molecular formula is C22H27N3O3S. The van der Waals surface area contributed by atoms with E-state index in [0.717, 1.165) is 37.4 Å². The second kappa shape index (κ2) is 8.45. The predicted molar refractivity (Wildman–Crippen MR) is 116 cm³/mol. The molecule has 0 atom stereocenters. The van der Waals surface area contributed by atoms with E-state index in [4.69, 9.17) is 0 Å². The van der Waals surface area contributed by atoms with Crippen LogP contribution in [0.25, 0.3) is 0 Å². The summed E-state index contributed by atoms with van der Waals surface area (Å²) >= 11 is 0. The molecule has 0 spiro atoms. The van der Waals surface area contributed by atoms with Gasteiger partial charge in [-0.25, -0.2) is 8.42 Å². The van der Waals surface area contributed by atoms with Crippen molar-refractivity contribution in [3.8, 4) is 0 Å². The van der Waals surface area contributed by atoms with E-state index < -0.39 is 9.84 Å². The predicted octanol–water partition coefficient (Wildman–Crippen LogP) is 1.81. The molecule has 2 aliphatic rings. The Bertz CT molecular complexity index is 940. The van der Waals surface area contributed by atoms with Crippen molar-refractivity contribution >= 4 is 27.1 Å². The molecule has 154 valence electrons. The zero-order chi connectivity index (χ0) is 20.3. The minimum absolute atomic E-state index is 0.149. The standard InChI is InChI=1S/C22H27N3O3S/c26-22(25-11-9-23(10-12-25)20-6-2-1-3-7-20)18-19-5-4-8-21(17-19)24-13-15-29(27,28)16-14-24/h1-8,17H,9-16,18H2. The van der Waals surface area contributed by atoms with Crippen LogP contribution >= 0.6 is 0 Å². The van der Waals surface area contributed by atoms with Crippen LogP contribution in [-0.4, -0.2) is 70.0 Å². The molecule has 0 N–H and O–H groups in total. The number of amides is 1. The summed E-state index contributed by atoms with van der Waals surface area (Å²) in [6, 6.07) is 18.2. The normalized spacial score (nSPS) is 19.2. The number of benzene rings is 2. The minimum atomic E-state index is -2.90. The molecule has 0 saturated carbocycles. The first-order valence-electron chi connectivity index (χ1n) is 10.1. The van der Waals surface area contributed by atoms with Gasteiger partial charge in [-0.15, -0.1) is 0 Å². The van der Waals surface area contributed by atoms with Gasteiger partial charge in [0, 0.05) is 50.6 Å². The lowest BCUT2D eigenvalue weighted by Crippen LogP contribution is -2.49. The van der Waals surface area contributed by atoms with Gasteiger partial charge in [0.25, 0.3) is 0 Å². The van der Waals surface area contributed by atoms with Gasteiger partial charge in [-0.3, -0.25) is 4.79 Å². The van der Waals surface area contributed by atoms with Crippen LogP contribution in [-0.2, 0) is 21.1 Å². The van der Waals surface area contributed by atoms with E-state index >= 15 is 0 Å². The van der Waals surface area contributed by atoms with Gasteiger partial charge in [0.05, 0.1) is 17.9 Å². The summed E-state index contributed by atoms with van der Waals surface area (Å²) in [7, 11) is -2.90. The van der Waals surface area contributed by atoms with E-state index in [1.54, 1.807) is 0 Å². The molecule has 0 bridgehead atoms. The average molecular weight is 414 g/mol. The summed E-state index contributed by atoms with van der Waals surface area (Å²) < 4.78 is 23.3. The summed E-state index contributed by atoms with van der Waals surface area (Å²) in [5, 5.41) is 0. The first-order valence-corrected chi connectivity index (χ1v) is 11.9. The minimum Gasteiger partial charge on any atom is -0.369 e. The highest BCUT2D eigenvalue weighted by Gasteiger charge is 2.23. The van der Waals surface area contributed by atoms with Crippen LogP contribution in [0.4, 0.5) is 11.4 Å². The van der Waals surface area contributed by atoms with E-state index in [9.17, 15) is 13.2 Å². The Morgan fingerprint density at radius 2 is 1.38 bits per heavy atom. The quantitative estimate of drug-likeness (QED) is 0.765. The van der Waals surface area contributed by atoms with Crippen molar-refractivity contribution in [2.45, 2.75) is 6.42 Å². The second-order valence-electron chi connectivity index (χ2n) is 7.69. The Kier molecular flexibility index (Phi) is 5.76. The number of para-hydroxylation sites is 1. The van der Waals surface area contributed by atoms with Gasteiger partial charge in [-0.1, -0.05) is 30.3 Å². The number of sulfone groups is 1. The van der Waals surface area contributed by atoms with Gasteiger partial charge in [-0.2, -0.15) is 0 Å². The maximum atomic E-state index is 12.8. The third-order valence-electron chi connectivity index (χ3n) is 5.73. The van der Waals surface area contributed by atoms with E-state index in [-0.39, 0.29) is 17.4 Å². The maximum absolute atomic E-state index is 12.8. The van der Waals surface area contributed by atoms with E-state index in [1.165, 1.54) is 5.69 Å². The molecule has 4 rings (SSSR count). The Morgan fingerprint density at radius 3 is 2.07 bits per heavy atom. The molecule has 0 unspecified atom stereocenters. The molecular weight excluding hydrogens is 386 g/mol. The van der Waals surface area contributed by atoms with Crippen molar-refractivity contribution in [3.05, 3.63) is 60.2 Å². The van der Waals surface area contributed by atoms with E-state index in [0.29, 0.717) is 19.5 Å². The molecule has 0 aromatic heterocycles. The number of anilines is 2. The molecule has 2 aromatic carbocycles. The van der Waals surface area contributed by atoms with Gasteiger partial charge >= 0.3 is 0 Å². The third-order valence-corrected chi connectivity index (χ3v) is 7.34. The van der Waals surface area contributed by atoms with Crippen molar-refractivity contribution in [3.63, 3.8) is 0 Å². The maximum Gasteiger partial charge on any atom is 0.227 e. The fourth-order valence-corrected chi connectivity index (χ4v) is 5.17. The molecule has 0 radical (unpaired) electrons. The topological polar surface area (TPSA) is 60.9 Å². The van der Waals surface area contributed by atoms with Crippen molar-refractivity contribution in [1.29, 1.82) is 0 Å². The van der Waals surface area contributed by atoms with Crippen LogP contribution in [0.1, 0.15) is 5.56 Å². The number of carbonyl (C=O) groups excluding carboxylic acids is 1. The Labute approximate surface area is 172 Å². The van der Waals surface area contributed by atoms with Crippen molar-refractivity contribution in [2.24, 2.45) is 0 Å². The van der Waals surface area contributed by atoms with E-state index in [2.05, 4.69) is 21.9 Å². The molecule has 1 amide bonds. The van der Waals surface area contributed by atoms with Gasteiger partial charge in [0.2, 0.25) is 5.91 Å². The molecule has 2 saturated heterocycles. The summed E-state index contributed by atoms with van der Waals surface area (Å²) in [5.74, 6) is 0.542. The summed E-state index contributed by atoms with van der Waals surface area (Å²) in [5.41, 5.74) is 3.18. The molecule has 0 aliphatic carbocycles. The fraction of sp³-hybridized carbons (Fsp3) is 0.409. The number of hydrogen-bond acceptors (Lipinski definition) is 5. The summed E-state index contributed by atoms with van der Waals surface area (Å²) in [4.78, 5) is 19.1. The van der Waals surface area contributed by atoms with Crippen LogP contribution in [0, 0.1) is 0 Å². The zero-order valence-corrected chi connectivity index (χ0v) is 17.4. The lowest BCUT2D eigenvalue weighted by Gasteiger charge is -2.36. The number of hydrogen-bond donors (Lipinski definition) is 0. The SMILES string of the molecule is O=C(Cc1cccc(N2CCS(=O)(=O)CC2)c1)N1CCN(c2ccccc2)CC1. The third kappa shape index (κ3) is 4.90. The highest BCUT2D eigenvalue weighted by molar-refractivity contribution is 7.91. The molecule has 2 heterocycles. The van der Waals surface area contributed by atoms with Crippen molar-refractivity contribution < 1.29 is 13.2 Å². The lowest BCUT2D eigenvalue weighted by atomic mass is 10.1. The smallest absolute Gasteiger partial charge is 0.227 e. The highest BCUT2D eigenvalue weighted by Crippen LogP contribution is 2.20. The van der Waals surface area contributed by atoms with Crippen molar-refractivity contribution in [2.75, 3.05) is 60.6 Å². The summed E-state index contributed by atoms with van der Waals surface area (Å²) in [6.45, 7) is 4.19. The highest BCUT2D eigenvalue weighted by atomic mass is 32.2. The van der Waals surface area contributed by atoms with Crippen molar-refractivity contribution in [1.82, 2.24) is 4.90 Å². The Balaban J connectivity index is 1.33. The van der Waals surface area contributed by atoms with Gasteiger partial charge < -0.3 is 14.7 Å². The Hall–Kier alpha value is -2.54. The van der Waals surface area contributed by atoms with Gasteiger partial charge in [-0.05, 0) is 29.8 Å². The largest absolute Gasteiger partial charge is 0.369 e. The number of piperazine rings is 1. The molecule has 6 nitrogen and oxygen atoms in total. The van der Waals surface area contributed by atoms with Crippen LogP contribution < -0.4 is 9.80 Å². The molecule has 29 heavy (non-hydrogen) atoms. The Morgan fingerprint density at radius 1 is 0.759 bits per heavy atom. The first-order chi connectivity index (χ1) is 14.0. The fourth-order valence-electron chi connectivity index (χ4n) is 3.97. The van der Waals surface area contributed by atoms with Gasteiger partial charge in [0.1, 0.15) is 0 Å². The molecule has 2 fully saturated rings. The first kappa shape index (κ1) is 19.8. The van der Waals surface area contributed by atoms with Gasteiger partial charge in [0.15, 0.2) is 9.84 Å². The molecule has 2 aromatic rings. The lowest BCUT2D eigenvalue weighted by molar-refractivity contribution is -0.130.